The molecule has 2 aromatic carbocycles. The van der Waals surface area contributed by atoms with Crippen LogP contribution in [0.5, 0.6) is 0 Å². The Kier molecular flexibility index (Phi) is 4.21. The number of aromatic nitrogens is 1. The number of benzene rings is 2. The van der Waals surface area contributed by atoms with Crippen LogP contribution >= 0.6 is 11.6 Å². The van der Waals surface area contributed by atoms with Crippen LogP contribution in [0.4, 0.5) is 0 Å². The summed E-state index contributed by atoms with van der Waals surface area (Å²) in [6, 6.07) is 13.1. The van der Waals surface area contributed by atoms with E-state index < -0.39 is 17.8 Å². The van der Waals surface area contributed by atoms with E-state index in [9.17, 15) is 14.4 Å². The lowest BCUT2D eigenvalue weighted by molar-refractivity contribution is -0.167. The van der Waals surface area contributed by atoms with Crippen LogP contribution in [0.25, 0.3) is 11.5 Å². The molecule has 27 heavy (non-hydrogen) atoms. The summed E-state index contributed by atoms with van der Waals surface area (Å²) in [5.41, 5.74) is 1.39. The van der Waals surface area contributed by atoms with E-state index in [0.717, 1.165) is 0 Å². The van der Waals surface area contributed by atoms with Gasteiger partial charge in [-0.25, -0.2) is 9.78 Å². The third kappa shape index (κ3) is 3.20. The Labute approximate surface area is 158 Å². The molecule has 0 bridgehead atoms. The van der Waals surface area contributed by atoms with Crippen LogP contribution < -0.4 is 0 Å². The summed E-state index contributed by atoms with van der Waals surface area (Å²) in [5.74, 6) is -1.84. The van der Waals surface area contributed by atoms with Crippen LogP contribution in [-0.2, 0) is 16.1 Å². The Bertz CT molecular complexity index is 1020. The SMILES string of the molecule is O=C(Cc1coc(-c2ccc(Cl)cc2)n1)ON1C(=O)c2ccccc2C1=O. The van der Waals surface area contributed by atoms with Gasteiger partial charge in [0.15, 0.2) is 0 Å². The fraction of sp³-hybridized carbons (Fsp3) is 0.0526. The number of carbonyl (C=O) groups is 3. The molecule has 8 heteroatoms. The number of hydroxylamine groups is 2. The second-order valence-corrected chi connectivity index (χ2v) is 6.18. The average molecular weight is 383 g/mol. The first-order valence-electron chi connectivity index (χ1n) is 7.92. The second kappa shape index (κ2) is 6.69. The van der Waals surface area contributed by atoms with E-state index >= 15 is 0 Å². The lowest BCUT2D eigenvalue weighted by Gasteiger charge is -2.11. The fourth-order valence-electron chi connectivity index (χ4n) is 2.65. The van der Waals surface area contributed by atoms with Crippen molar-refractivity contribution in [1.82, 2.24) is 10.0 Å². The molecule has 1 aromatic heterocycles. The van der Waals surface area contributed by atoms with Gasteiger partial charge in [-0.1, -0.05) is 28.8 Å². The summed E-state index contributed by atoms with van der Waals surface area (Å²) in [6.07, 6.45) is 1.05. The number of fused-ring (bicyclic) bond motifs is 1. The summed E-state index contributed by atoms with van der Waals surface area (Å²) < 4.78 is 5.34. The highest BCUT2D eigenvalue weighted by Crippen LogP contribution is 2.24. The summed E-state index contributed by atoms with van der Waals surface area (Å²) in [5, 5.41) is 1.04. The number of amides is 2. The molecule has 2 amide bonds. The first-order valence-corrected chi connectivity index (χ1v) is 8.29. The van der Waals surface area contributed by atoms with Crippen molar-refractivity contribution < 1.29 is 23.6 Å². The van der Waals surface area contributed by atoms with E-state index in [2.05, 4.69) is 4.98 Å². The molecule has 0 radical (unpaired) electrons. The van der Waals surface area contributed by atoms with Gasteiger partial charge in [-0.3, -0.25) is 9.59 Å². The summed E-state index contributed by atoms with van der Waals surface area (Å²) in [7, 11) is 0. The molecule has 2 heterocycles. The van der Waals surface area contributed by atoms with Gasteiger partial charge < -0.3 is 9.25 Å². The normalized spacial score (nSPS) is 13.0. The number of nitrogens with zero attached hydrogens (tertiary/aromatic N) is 2. The van der Waals surface area contributed by atoms with Gasteiger partial charge in [-0.05, 0) is 36.4 Å². The minimum Gasteiger partial charge on any atom is -0.444 e. The number of halogens is 1. The zero-order chi connectivity index (χ0) is 19.0. The molecule has 0 N–H and O–H groups in total. The molecular weight excluding hydrogens is 372 g/mol. The Morgan fingerprint density at radius 2 is 1.67 bits per heavy atom. The topological polar surface area (TPSA) is 89.7 Å². The van der Waals surface area contributed by atoms with Crippen LogP contribution in [0.15, 0.2) is 59.2 Å². The minimum atomic E-state index is -0.805. The summed E-state index contributed by atoms with van der Waals surface area (Å²) in [6.45, 7) is 0. The number of rotatable bonds is 4. The van der Waals surface area contributed by atoms with E-state index in [-0.39, 0.29) is 17.5 Å². The summed E-state index contributed by atoms with van der Waals surface area (Å²) >= 11 is 5.84. The molecule has 0 atom stereocenters. The molecule has 7 nitrogen and oxygen atoms in total. The van der Waals surface area contributed by atoms with Gasteiger partial charge in [0.2, 0.25) is 5.89 Å². The zero-order valence-corrected chi connectivity index (χ0v) is 14.5. The maximum Gasteiger partial charge on any atom is 0.339 e. The number of hydrogen-bond donors (Lipinski definition) is 0. The van der Waals surface area contributed by atoms with E-state index in [1.54, 1.807) is 36.4 Å². The van der Waals surface area contributed by atoms with Crippen LogP contribution in [0.1, 0.15) is 26.4 Å². The van der Waals surface area contributed by atoms with Gasteiger partial charge in [0.25, 0.3) is 11.8 Å². The van der Waals surface area contributed by atoms with Gasteiger partial charge in [-0.2, -0.15) is 0 Å². The van der Waals surface area contributed by atoms with Crippen LogP contribution in [0.2, 0.25) is 5.02 Å². The van der Waals surface area contributed by atoms with Gasteiger partial charge >= 0.3 is 5.97 Å². The third-order valence-corrected chi connectivity index (χ3v) is 4.17. The quantitative estimate of drug-likeness (QED) is 0.643. The first kappa shape index (κ1) is 17.0. The number of hydrogen-bond acceptors (Lipinski definition) is 6. The molecule has 0 saturated carbocycles. The van der Waals surface area contributed by atoms with Gasteiger partial charge in [-0.15, -0.1) is 0 Å². The maximum atomic E-state index is 12.2. The molecule has 134 valence electrons. The molecular formula is C19H11ClN2O5. The van der Waals surface area contributed by atoms with E-state index in [1.165, 1.54) is 18.4 Å². The highest BCUT2D eigenvalue weighted by Gasteiger charge is 2.38. The first-order chi connectivity index (χ1) is 13.0. The lowest BCUT2D eigenvalue weighted by atomic mass is 10.1. The molecule has 4 rings (SSSR count). The molecule has 1 aliphatic rings. The Balaban J connectivity index is 1.44. The maximum absolute atomic E-state index is 12.2. The predicted octanol–water partition coefficient (Wildman–Crippen LogP) is 3.29. The standard InChI is InChI=1S/C19H11ClN2O5/c20-12-7-5-11(6-8-12)17-21-13(10-26-17)9-16(23)27-22-18(24)14-3-1-2-4-15(14)19(22)25/h1-8,10H,9H2. The van der Waals surface area contributed by atoms with Crippen molar-refractivity contribution in [3.8, 4) is 11.5 Å². The number of oxazole rings is 1. The van der Waals surface area contributed by atoms with E-state index in [0.29, 0.717) is 27.2 Å². The van der Waals surface area contributed by atoms with E-state index in [1.807, 2.05) is 0 Å². The lowest BCUT2D eigenvalue weighted by Crippen LogP contribution is -2.33. The minimum absolute atomic E-state index is 0.196. The molecule has 0 spiro atoms. The second-order valence-electron chi connectivity index (χ2n) is 5.74. The molecule has 3 aromatic rings. The number of imide groups is 1. The van der Waals surface area contributed by atoms with Gasteiger partial charge in [0, 0.05) is 10.6 Å². The highest BCUT2D eigenvalue weighted by molar-refractivity contribution is 6.30. The van der Waals surface area contributed by atoms with Crippen molar-refractivity contribution in [3.63, 3.8) is 0 Å². The van der Waals surface area contributed by atoms with Crippen molar-refractivity contribution in [2.24, 2.45) is 0 Å². The molecule has 1 aliphatic heterocycles. The zero-order valence-electron chi connectivity index (χ0n) is 13.7. The van der Waals surface area contributed by atoms with Crippen LogP contribution in [-0.4, -0.2) is 27.8 Å². The van der Waals surface area contributed by atoms with Gasteiger partial charge in [0.1, 0.15) is 6.26 Å². The van der Waals surface area contributed by atoms with Crippen molar-refractivity contribution in [1.29, 1.82) is 0 Å². The predicted molar refractivity (Wildman–Crippen MR) is 93.7 cm³/mol. The largest absolute Gasteiger partial charge is 0.444 e. The fourth-order valence-corrected chi connectivity index (χ4v) is 2.77. The molecule has 0 saturated heterocycles. The van der Waals surface area contributed by atoms with Crippen molar-refractivity contribution >= 4 is 29.4 Å². The monoisotopic (exact) mass is 382 g/mol. The van der Waals surface area contributed by atoms with E-state index in [4.69, 9.17) is 20.9 Å². The number of carbonyl (C=O) groups excluding carboxylic acids is 3. The molecule has 0 aliphatic carbocycles. The molecule has 0 unspecified atom stereocenters. The third-order valence-electron chi connectivity index (χ3n) is 3.92. The average Bonchev–Trinajstić information content (AvgIpc) is 3.22. The van der Waals surface area contributed by atoms with Crippen molar-refractivity contribution in [2.75, 3.05) is 0 Å². The Hall–Kier alpha value is -3.45. The van der Waals surface area contributed by atoms with Crippen LogP contribution in [0.3, 0.4) is 0 Å². The van der Waals surface area contributed by atoms with Crippen LogP contribution in [0, 0.1) is 0 Å². The van der Waals surface area contributed by atoms with Gasteiger partial charge in [0.05, 0.1) is 23.2 Å². The smallest absolute Gasteiger partial charge is 0.339 e. The van der Waals surface area contributed by atoms with Crippen molar-refractivity contribution in [2.45, 2.75) is 6.42 Å². The Morgan fingerprint density at radius 3 is 2.30 bits per heavy atom. The summed E-state index contributed by atoms with van der Waals surface area (Å²) in [4.78, 5) is 45.7. The molecule has 0 fully saturated rings. The highest BCUT2D eigenvalue weighted by atomic mass is 35.5. The van der Waals surface area contributed by atoms with Crippen molar-refractivity contribution in [3.05, 3.63) is 76.6 Å². The Morgan fingerprint density at radius 1 is 1.04 bits per heavy atom.